The maximum atomic E-state index is 12.7. The van der Waals surface area contributed by atoms with Gasteiger partial charge in [-0.2, -0.15) is 0 Å². The number of carbonyl (C=O) groups is 1. The fourth-order valence-electron chi connectivity index (χ4n) is 4.41. The number of ether oxygens (including phenoxy) is 5. The van der Waals surface area contributed by atoms with E-state index < -0.39 is 5.97 Å². The van der Waals surface area contributed by atoms with Gasteiger partial charge in [-0.1, -0.05) is 29.8 Å². The minimum absolute atomic E-state index is 0.117. The third kappa shape index (κ3) is 3.88. The van der Waals surface area contributed by atoms with Crippen LogP contribution in [-0.4, -0.2) is 31.3 Å². The summed E-state index contributed by atoms with van der Waals surface area (Å²) in [5.74, 6) is 1.95. The molecule has 6 rings (SSSR count). The van der Waals surface area contributed by atoms with E-state index >= 15 is 0 Å². The predicted octanol–water partition coefficient (Wildman–Crippen LogP) is 5.58. The topological polar surface area (TPSA) is 76.1 Å². The summed E-state index contributed by atoms with van der Waals surface area (Å²) in [5.41, 5.74) is 4.13. The van der Waals surface area contributed by atoms with Gasteiger partial charge in [0.25, 0.3) is 0 Å². The summed E-state index contributed by atoms with van der Waals surface area (Å²) in [4.78, 5) is 17.4. The molecule has 4 aromatic rings. The van der Waals surface area contributed by atoms with Gasteiger partial charge >= 0.3 is 5.97 Å². The molecular formula is C27H20ClNO6. The summed E-state index contributed by atoms with van der Waals surface area (Å²) in [7, 11) is 1.58. The fourth-order valence-corrected chi connectivity index (χ4v) is 4.62. The number of benzene rings is 3. The van der Waals surface area contributed by atoms with Crippen LogP contribution in [-0.2, 0) is 18.0 Å². The van der Waals surface area contributed by atoms with E-state index in [1.807, 2.05) is 54.6 Å². The molecule has 35 heavy (non-hydrogen) atoms. The number of hydrogen-bond acceptors (Lipinski definition) is 7. The number of cyclic esters (lactones) is 1. The standard InChI is InChI=1S/C27H20ClNO6/c1-31-22-11-18-19(12-24(22)34-13-15-3-2-4-17(28)9-15)29-20-14-35-27(30)26(20)25(18)16-5-6-21-23(10-16)33-8-7-32-21/h2-6,9-12H,7-8,13-14H2,1H3. The van der Waals surface area contributed by atoms with Gasteiger partial charge < -0.3 is 23.7 Å². The third-order valence-corrected chi connectivity index (χ3v) is 6.24. The number of fused-ring (bicyclic) bond motifs is 3. The molecule has 3 aromatic carbocycles. The summed E-state index contributed by atoms with van der Waals surface area (Å²) >= 11 is 6.10. The summed E-state index contributed by atoms with van der Waals surface area (Å²) in [5, 5.41) is 1.38. The molecule has 0 bridgehead atoms. The summed E-state index contributed by atoms with van der Waals surface area (Å²) < 4.78 is 28.5. The van der Waals surface area contributed by atoms with E-state index in [0.29, 0.717) is 70.2 Å². The largest absolute Gasteiger partial charge is 0.493 e. The van der Waals surface area contributed by atoms with Crippen molar-refractivity contribution < 1.29 is 28.5 Å². The summed E-state index contributed by atoms with van der Waals surface area (Å²) in [6, 6.07) is 16.8. The molecule has 8 heteroatoms. The molecule has 0 N–H and O–H groups in total. The highest BCUT2D eigenvalue weighted by Gasteiger charge is 2.30. The first-order valence-electron chi connectivity index (χ1n) is 11.1. The van der Waals surface area contributed by atoms with Crippen LogP contribution in [0.25, 0.3) is 22.0 Å². The lowest BCUT2D eigenvalue weighted by Gasteiger charge is -2.20. The van der Waals surface area contributed by atoms with Crippen LogP contribution in [0.4, 0.5) is 0 Å². The Morgan fingerprint density at radius 2 is 1.80 bits per heavy atom. The van der Waals surface area contributed by atoms with E-state index in [0.717, 1.165) is 16.5 Å². The number of nitrogens with zero attached hydrogens (tertiary/aromatic N) is 1. The molecule has 176 valence electrons. The zero-order valence-electron chi connectivity index (χ0n) is 18.8. The van der Waals surface area contributed by atoms with Crippen molar-refractivity contribution in [2.75, 3.05) is 20.3 Å². The SMILES string of the molecule is COc1cc2c(-c3ccc4c(c3)OCCO4)c3c(nc2cc1OCc1cccc(Cl)c1)COC3=O. The minimum atomic E-state index is -0.403. The number of rotatable bonds is 5. The number of hydrogen-bond donors (Lipinski definition) is 0. The normalized spacial score (nSPS) is 13.9. The van der Waals surface area contributed by atoms with Gasteiger partial charge in [-0.15, -0.1) is 0 Å². The van der Waals surface area contributed by atoms with Gasteiger partial charge in [0.2, 0.25) is 0 Å². The van der Waals surface area contributed by atoms with Crippen LogP contribution in [0, 0.1) is 0 Å². The van der Waals surface area contributed by atoms with Crippen molar-refractivity contribution >= 4 is 28.5 Å². The first-order chi connectivity index (χ1) is 17.1. The zero-order chi connectivity index (χ0) is 23.9. The number of aromatic nitrogens is 1. The second kappa shape index (κ2) is 8.67. The molecule has 0 saturated heterocycles. The van der Waals surface area contributed by atoms with Gasteiger partial charge in [-0.05, 0) is 41.5 Å². The van der Waals surface area contributed by atoms with Crippen LogP contribution in [0.1, 0.15) is 21.6 Å². The Balaban J connectivity index is 1.49. The van der Waals surface area contributed by atoms with E-state index in [1.165, 1.54) is 0 Å². The molecule has 0 saturated carbocycles. The minimum Gasteiger partial charge on any atom is -0.493 e. The van der Waals surface area contributed by atoms with Crippen LogP contribution in [0.3, 0.4) is 0 Å². The van der Waals surface area contributed by atoms with Crippen LogP contribution in [0.15, 0.2) is 54.6 Å². The summed E-state index contributed by atoms with van der Waals surface area (Å²) in [6.07, 6.45) is 0. The highest BCUT2D eigenvalue weighted by atomic mass is 35.5. The number of pyridine rings is 1. The smallest absolute Gasteiger partial charge is 0.341 e. The van der Waals surface area contributed by atoms with E-state index in [9.17, 15) is 4.79 Å². The number of halogens is 1. The summed E-state index contributed by atoms with van der Waals surface area (Å²) in [6.45, 7) is 1.40. The van der Waals surface area contributed by atoms with Crippen molar-refractivity contribution in [3.8, 4) is 34.1 Å². The lowest BCUT2D eigenvalue weighted by Crippen LogP contribution is -2.15. The average molecular weight is 490 g/mol. The Hall–Kier alpha value is -3.97. The molecule has 0 amide bonds. The van der Waals surface area contributed by atoms with E-state index in [-0.39, 0.29) is 6.61 Å². The number of carbonyl (C=O) groups excluding carboxylic acids is 1. The molecule has 0 radical (unpaired) electrons. The lowest BCUT2D eigenvalue weighted by molar-refractivity contribution is 0.0534. The van der Waals surface area contributed by atoms with Gasteiger partial charge in [0.1, 0.15) is 26.4 Å². The average Bonchev–Trinajstić information content (AvgIpc) is 3.25. The van der Waals surface area contributed by atoms with Crippen molar-refractivity contribution in [3.63, 3.8) is 0 Å². The Labute approximate surface area is 206 Å². The van der Waals surface area contributed by atoms with Crippen molar-refractivity contribution in [3.05, 3.63) is 76.4 Å². The van der Waals surface area contributed by atoms with Crippen LogP contribution < -0.4 is 18.9 Å². The van der Waals surface area contributed by atoms with E-state index in [4.69, 9.17) is 40.3 Å². The zero-order valence-corrected chi connectivity index (χ0v) is 19.6. The highest BCUT2D eigenvalue weighted by molar-refractivity contribution is 6.30. The van der Waals surface area contributed by atoms with Crippen LogP contribution >= 0.6 is 11.6 Å². The molecule has 7 nitrogen and oxygen atoms in total. The first-order valence-corrected chi connectivity index (χ1v) is 11.5. The fraction of sp³-hybridized carbons (Fsp3) is 0.185. The maximum absolute atomic E-state index is 12.7. The van der Waals surface area contributed by atoms with E-state index in [2.05, 4.69) is 0 Å². The van der Waals surface area contributed by atoms with Gasteiger partial charge in [-0.3, -0.25) is 0 Å². The maximum Gasteiger partial charge on any atom is 0.341 e. The Kier molecular flexibility index (Phi) is 5.34. The molecule has 0 spiro atoms. The molecule has 1 aromatic heterocycles. The van der Waals surface area contributed by atoms with Crippen molar-refractivity contribution in [2.24, 2.45) is 0 Å². The molecule has 0 aliphatic carbocycles. The molecular weight excluding hydrogens is 470 g/mol. The van der Waals surface area contributed by atoms with Crippen molar-refractivity contribution in [2.45, 2.75) is 13.2 Å². The molecule has 2 aliphatic heterocycles. The Bertz CT molecular complexity index is 1480. The Morgan fingerprint density at radius 3 is 2.63 bits per heavy atom. The first kappa shape index (κ1) is 21.6. The van der Waals surface area contributed by atoms with Gasteiger partial charge in [-0.25, -0.2) is 9.78 Å². The highest BCUT2D eigenvalue weighted by Crippen LogP contribution is 2.43. The van der Waals surface area contributed by atoms with Crippen molar-refractivity contribution in [1.29, 1.82) is 0 Å². The van der Waals surface area contributed by atoms with Crippen LogP contribution in [0.5, 0.6) is 23.0 Å². The monoisotopic (exact) mass is 489 g/mol. The van der Waals surface area contributed by atoms with Crippen molar-refractivity contribution in [1.82, 2.24) is 4.98 Å². The second-order valence-electron chi connectivity index (χ2n) is 8.18. The molecule has 0 unspecified atom stereocenters. The predicted molar refractivity (Wildman–Crippen MR) is 130 cm³/mol. The third-order valence-electron chi connectivity index (χ3n) is 6.00. The van der Waals surface area contributed by atoms with E-state index in [1.54, 1.807) is 7.11 Å². The van der Waals surface area contributed by atoms with Crippen LogP contribution in [0.2, 0.25) is 5.02 Å². The number of esters is 1. The molecule has 0 atom stereocenters. The van der Waals surface area contributed by atoms with Gasteiger partial charge in [0.15, 0.2) is 23.0 Å². The number of methoxy groups -OCH3 is 1. The Morgan fingerprint density at radius 1 is 0.943 bits per heavy atom. The van der Waals surface area contributed by atoms with Gasteiger partial charge in [0, 0.05) is 22.0 Å². The molecule has 0 fully saturated rings. The second-order valence-corrected chi connectivity index (χ2v) is 8.62. The molecule has 3 heterocycles. The lowest BCUT2D eigenvalue weighted by atomic mass is 9.94. The molecule has 2 aliphatic rings. The van der Waals surface area contributed by atoms with Gasteiger partial charge in [0.05, 0.1) is 23.9 Å². The quantitative estimate of drug-likeness (QED) is 0.338.